The molecule has 1 atom stereocenters. The summed E-state index contributed by atoms with van der Waals surface area (Å²) in [6.45, 7) is 1.24. The summed E-state index contributed by atoms with van der Waals surface area (Å²) in [5.41, 5.74) is 0.525. The van der Waals surface area contributed by atoms with Crippen LogP contribution >= 0.6 is 0 Å². The number of carboxylic acids is 1. The second-order valence-corrected chi connectivity index (χ2v) is 5.63. The van der Waals surface area contributed by atoms with Crippen molar-refractivity contribution in [2.24, 2.45) is 0 Å². The first-order chi connectivity index (χ1) is 8.35. The number of benzene rings is 1. The van der Waals surface area contributed by atoms with Crippen molar-refractivity contribution in [3.63, 3.8) is 0 Å². The van der Waals surface area contributed by atoms with Gasteiger partial charge >= 0.3 is 5.97 Å². The van der Waals surface area contributed by atoms with Gasteiger partial charge in [0.2, 0.25) is 10.0 Å². The minimum absolute atomic E-state index is 0.0388. The lowest BCUT2D eigenvalue weighted by Gasteiger charge is -2.11. The van der Waals surface area contributed by atoms with E-state index in [1.165, 1.54) is 31.2 Å². The fourth-order valence-electron chi connectivity index (χ4n) is 1.33. The molecule has 0 aliphatic rings. The predicted molar refractivity (Wildman–Crippen MR) is 64.7 cm³/mol. The van der Waals surface area contributed by atoms with Crippen LogP contribution in [0.25, 0.3) is 0 Å². The van der Waals surface area contributed by atoms with E-state index >= 15 is 0 Å². The highest BCUT2D eigenvalue weighted by atomic mass is 32.2. The number of carboxylic acid groups (broad SMARTS) is 1. The lowest BCUT2D eigenvalue weighted by Crippen LogP contribution is -2.34. The Balaban J connectivity index is 2.87. The molecule has 0 aliphatic carbocycles. The molecule has 3 N–H and O–H groups in total. The van der Waals surface area contributed by atoms with Gasteiger partial charge in [0.15, 0.2) is 0 Å². The number of aliphatic carboxylic acids is 1. The third-order valence-electron chi connectivity index (χ3n) is 2.22. The molecule has 0 spiro atoms. The van der Waals surface area contributed by atoms with Gasteiger partial charge in [-0.25, -0.2) is 13.1 Å². The largest absolute Gasteiger partial charge is 0.481 e. The smallest absolute Gasteiger partial charge is 0.307 e. The van der Waals surface area contributed by atoms with Gasteiger partial charge in [0.05, 0.1) is 17.9 Å². The first-order valence-electron chi connectivity index (χ1n) is 5.29. The Morgan fingerprint density at radius 1 is 1.33 bits per heavy atom. The van der Waals surface area contributed by atoms with E-state index < -0.39 is 22.0 Å². The fraction of sp³-hybridized carbons (Fsp3) is 0.364. The monoisotopic (exact) mass is 273 g/mol. The van der Waals surface area contributed by atoms with Crippen molar-refractivity contribution in [1.82, 2.24) is 4.72 Å². The van der Waals surface area contributed by atoms with Crippen LogP contribution in [0.4, 0.5) is 0 Å². The van der Waals surface area contributed by atoms with Gasteiger partial charge in [-0.05, 0) is 24.6 Å². The van der Waals surface area contributed by atoms with Gasteiger partial charge in [-0.15, -0.1) is 0 Å². The van der Waals surface area contributed by atoms with E-state index in [4.69, 9.17) is 10.2 Å². The number of hydrogen-bond acceptors (Lipinski definition) is 4. The molecular weight excluding hydrogens is 258 g/mol. The standard InChI is InChI=1S/C11H15NO5S/c1-8(7-13)12-18(16,17)10-4-2-9(3-5-10)6-11(14)15/h2-5,8,12-13H,6-7H2,1H3,(H,14,15)/t8-/m0/s1. The van der Waals surface area contributed by atoms with Crippen molar-refractivity contribution < 1.29 is 23.4 Å². The highest BCUT2D eigenvalue weighted by Gasteiger charge is 2.16. The number of nitrogens with one attached hydrogen (secondary N) is 1. The molecule has 0 bridgehead atoms. The van der Waals surface area contributed by atoms with Crippen LogP contribution in [0.5, 0.6) is 0 Å². The molecule has 0 heterocycles. The van der Waals surface area contributed by atoms with E-state index in [-0.39, 0.29) is 17.9 Å². The zero-order valence-corrected chi connectivity index (χ0v) is 10.6. The Hall–Kier alpha value is -1.44. The third kappa shape index (κ3) is 4.10. The van der Waals surface area contributed by atoms with E-state index in [1.807, 2.05) is 0 Å². The molecule has 0 radical (unpaired) electrons. The zero-order chi connectivity index (χ0) is 13.8. The first-order valence-corrected chi connectivity index (χ1v) is 6.77. The van der Waals surface area contributed by atoms with Crippen molar-refractivity contribution >= 4 is 16.0 Å². The average molecular weight is 273 g/mol. The second-order valence-electron chi connectivity index (χ2n) is 3.92. The number of aliphatic hydroxyl groups excluding tert-OH is 1. The number of aliphatic hydroxyl groups is 1. The van der Waals surface area contributed by atoms with Crippen molar-refractivity contribution in [2.45, 2.75) is 24.3 Å². The molecule has 0 unspecified atom stereocenters. The van der Waals surface area contributed by atoms with Crippen LogP contribution in [0.2, 0.25) is 0 Å². The van der Waals surface area contributed by atoms with Crippen molar-refractivity contribution in [1.29, 1.82) is 0 Å². The topological polar surface area (TPSA) is 104 Å². The van der Waals surface area contributed by atoms with E-state index in [0.29, 0.717) is 5.56 Å². The molecule has 0 aliphatic heterocycles. The maximum absolute atomic E-state index is 11.8. The van der Waals surface area contributed by atoms with Gasteiger partial charge in [-0.3, -0.25) is 4.79 Å². The molecule has 100 valence electrons. The first kappa shape index (κ1) is 14.6. The Morgan fingerprint density at radius 3 is 2.33 bits per heavy atom. The Kier molecular flexibility index (Phi) is 4.83. The summed E-state index contributed by atoms with van der Waals surface area (Å²) in [6, 6.07) is 5.00. The predicted octanol–water partition coefficient (Wildman–Crippen LogP) is -0.0272. The normalized spacial score (nSPS) is 13.2. The molecule has 6 nitrogen and oxygen atoms in total. The van der Waals surface area contributed by atoms with Crippen LogP contribution in [0, 0.1) is 0 Å². The molecular formula is C11H15NO5S. The molecule has 0 saturated carbocycles. The van der Waals surface area contributed by atoms with Crippen LogP contribution in [-0.4, -0.2) is 37.2 Å². The summed E-state index contributed by atoms with van der Waals surface area (Å²) >= 11 is 0. The Labute approximate surface area is 105 Å². The van der Waals surface area contributed by atoms with Crippen molar-refractivity contribution in [3.8, 4) is 0 Å². The molecule has 0 amide bonds. The van der Waals surface area contributed by atoms with Crippen LogP contribution in [0.3, 0.4) is 0 Å². The minimum atomic E-state index is -3.67. The third-order valence-corrected chi connectivity index (χ3v) is 3.82. The molecule has 1 aromatic rings. The summed E-state index contributed by atoms with van der Waals surface area (Å²) in [7, 11) is -3.67. The van der Waals surface area contributed by atoms with E-state index in [1.54, 1.807) is 0 Å². The Bertz CT molecular complexity index is 509. The fourth-order valence-corrected chi connectivity index (χ4v) is 2.57. The lowest BCUT2D eigenvalue weighted by atomic mass is 10.2. The molecule has 1 aromatic carbocycles. The van der Waals surface area contributed by atoms with Crippen LogP contribution < -0.4 is 4.72 Å². The molecule has 0 fully saturated rings. The molecule has 0 saturated heterocycles. The summed E-state index contributed by atoms with van der Waals surface area (Å²) in [5, 5.41) is 17.4. The SMILES string of the molecule is C[C@@H](CO)NS(=O)(=O)c1ccc(CC(=O)O)cc1. The van der Waals surface area contributed by atoms with Gasteiger partial charge in [0.1, 0.15) is 0 Å². The maximum atomic E-state index is 11.8. The number of rotatable bonds is 6. The summed E-state index contributed by atoms with van der Waals surface area (Å²) in [6.07, 6.45) is -0.152. The zero-order valence-electron chi connectivity index (χ0n) is 9.83. The quantitative estimate of drug-likeness (QED) is 0.675. The van der Waals surface area contributed by atoms with Gasteiger partial charge in [-0.2, -0.15) is 0 Å². The number of sulfonamides is 1. The number of hydrogen-bond donors (Lipinski definition) is 3. The van der Waals surface area contributed by atoms with E-state index in [9.17, 15) is 13.2 Å². The minimum Gasteiger partial charge on any atom is -0.481 e. The number of carbonyl (C=O) groups is 1. The van der Waals surface area contributed by atoms with Crippen LogP contribution in [-0.2, 0) is 21.2 Å². The van der Waals surface area contributed by atoms with Crippen LogP contribution in [0.1, 0.15) is 12.5 Å². The Morgan fingerprint density at radius 2 is 1.89 bits per heavy atom. The molecule has 7 heteroatoms. The van der Waals surface area contributed by atoms with Crippen molar-refractivity contribution in [3.05, 3.63) is 29.8 Å². The lowest BCUT2D eigenvalue weighted by molar-refractivity contribution is -0.136. The van der Waals surface area contributed by atoms with Gasteiger partial charge < -0.3 is 10.2 Å². The van der Waals surface area contributed by atoms with E-state index in [2.05, 4.69) is 4.72 Å². The molecule has 0 aromatic heterocycles. The summed E-state index contributed by atoms with van der Waals surface area (Å²) in [4.78, 5) is 10.5. The maximum Gasteiger partial charge on any atom is 0.307 e. The highest BCUT2D eigenvalue weighted by molar-refractivity contribution is 7.89. The summed E-state index contributed by atoms with van der Waals surface area (Å²) in [5.74, 6) is -0.974. The second kappa shape index (κ2) is 5.94. The highest BCUT2D eigenvalue weighted by Crippen LogP contribution is 2.11. The van der Waals surface area contributed by atoms with Gasteiger partial charge in [-0.1, -0.05) is 12.1 Å². The molecule has 18 heavy (non-hydrogen) atoms. The average Bonchev–Trinajstić information content (AvgIpc) is 2.28. The molecule has 1 rings (SSSR count). The van der Waals surface area contributed by atoms with Crippen molar-refractivity contribution in [2.75, 3.05) is 6.61 Å². The van der Waals surface area contributed by atoms with E-state index in [0.717, 1.165) is 0 Å². The van der Waals surface area contributed by atoms with Gasteiger partial charge in [0, 0.05) is 6.04 Å². The van der Waals surface area contributed by atoms with Crippen LogP contribution in [0.15, 0.2) is 29.2 Å². The van der Waals surface area contributed by atoms with Gasteiger partial charge in [0.25, 0.3) is 0 Å². The summed E-state index contributed by atoms with van der Waals surface area (Å²) < 4.78 is 25.9.